The second kappa shape index (κ2) is 10.2. The Morgan fingerprint density at radius 3 is 2.86 bits per heavy atom. The molecule has 0 N–H and O–H groups in total. The summed E-state index contributed by atoms with van der Waals surface area (Å²) in [5.41, 5.74) is 3.08. The van der Waals surface area contributed by atoms with Gasteiger partial charge in [0.05, 0.1) is 37.5 Å². The van der Waals surface area contributed by atoms with Gasteiger partial charge in [0.1, 0.15) is 27.9 Å². The van der Waals surface area contributed by atoms with Crippen LogP contribution in [0.5, 0.6) is 6.01 Å². The van der Waals surface area contributed by atoms with Gasteiger partial charge < -0.3 is 4.74 Å². The van der Waals surface area contributed by atoms with Gasteiger partial charge in [-0.15, -0.1) is 0 Å². The van der Waals surface area contributed by atoms with Gasteiger partial charge in [-0.05, 0) is 49.7 Å². The van der Waals surface area contributed by atoms with Crippen molar-refractivity contribution in [3.8, 4) is 12.1 Å². The minimum atomic E-state index is -0.638. The van der Waals surface area contributed by atoms with Crippen molar-refractivity contribution in [2.24, 2.45) is 0 Å². The highest BCUT2D eigenvalue weighted by atomic mass is 32.1. The van der Waals surface area contributed by atoms with E-state index in [1.54, 1.807) is 18.5 Å². The van der Waals surface area contributed by atoms with Crippen molar-refractivity contribution in [1.82, 2.24) is 24.8 Å². The van der Waals surface area contributed by atoms with E-state index in [9.17, 15) is 10.1 Å². The number of ether oxygens (including phenoxy) is 1. The molecule has 36 heavy (non-hydrogen) atoms. The Balaban J connectivity index is 1.27. The topological polar surface area (TPSA) is 105 Å². The second-order valence-corrected chi connectivity index (χ2v) is 10.4. The molecule has 2 aliphatic rings. The number of thiazole rings is 1. The number of allylic oxidation sites excluding steroid dienone is 1. The molecule has 5 rings (SSSR count). The number of quaternary nitrogens is 1. The fraction of sp³-hybridized carbons (Fsp3) is 0.385. The number of pyridine rings is 1. The van der Waals surface area contributed by atoms with Gasteiger partial charge in [-0.2, -0.15) is 10.2 Å². The summed E-state index contributed by atoms with van der Waals surface area (Å²) in [5.74, 6) is -0.435. The van der Waals surface area contributed by atoms with Crippen LogP contribution in [-0.4, -0.2) is 82.1 Å². The van der Waals surface area contributed by atoms with Crippen LogP contribution < -0.4 is 4.74 Å². The lowest BCUT2D eigenvalue weighted by atomic mass is 9.97. The maximum absolute atomic E-state index is 13.3. The van der Waals surface area contributed by atoms with Gasteiger partial charge >= 0.3 is 11.9 Å². The van der Waals surface area contributed by atoms with Crippen LogP contribution in [0.3, 0.4) is 0 Å². The number of nitrogens with zero attached hydrogens (tertiary/aromatic N) is 7. The quantitative estimate of drug-likeness (QED) is 0.474. The number of fused-ring (bicyclic) bond motifs is 1. The molecule has 1 aliphatic carbocycles. The van der Waals surface area contributed by atoms with Crippen molar-refractivity contribution in [3.05, 3.63) is 64.6 Å². The smallest absolute Gasteiger partial charge is 0.341 e. The average molecular weight is 503 g/mol. The molecular formula is C26H28N7O2S+. The molecule has 0 aromatic carbocycles. The number of aromatic nitrogens is 4. The number of nitriles is 1. The summed E-state index contributed by atoms with van der Waals surface area (Å²) < 4.78 is 6.34. The van der Waals surface area contributed by atoms with E-state index in [0.717, 1.165) is 60.5 Å². The number of amides is 1. The molecule has 9 nitrogen and oxygen atoms in total. The fourth-order valence-corrected chi connectivity index (χ4v) is 5.45. The predicted octanol–water partition coefficient (Wildman–Crippen LogP) is 3.08. The Labute approximate surface area is 214 Å². The molecule has 1 unspecified atom stereocenters. The summed E-state index contributed by atoms with van der Waals surface area (Å²) in [6.45, 7) is 3.76. The number of hydrogen-bond donors (Lipinski definition) is 0. The number of hydrogen-bond acceptors (Lipinski definition) is 9. The van der Waals surface area contributed by atoms with E-state index >= 15 is 0 Å². The van der Waals surface area contributed by atoms with Gasteiger partial charge in [-0.3, -0.25) is 9.38 Å². The highest BCUT2D eigenvalue weighted by Crippen LogP contribution is 2.30. The Morgan fingerprint density at radius 2 is 2.08 bits per heavy atom. The third-order valence-corrected chi connectivity index (χ3v) is 7.82. The highest BCUT2D eigenvalue weighted by molar-refractivity contribution is 7.18. The Kier molecular flexibility index (Phi) is 6.87. The van der Waals surface area contributed by atoms with Crippen molar-refractivity contribution in [1.29, 1.82) is 5.26 Å². The van der Waals surface area contributed by atoms with Gasteiger partial charge in [0.2, 0.25) is 0 Å². The lowest BCUT2D eigenvalue weighted by Crippen LogP contribution is -2.59. The van der Waals surface area contributed by atoms with Gasteiger partial charge in [-0.25, -0.2) is 19.7 Å². The number of carbonyl (C=O) groups is 1. The van der Waals surface area contributed by atoms with Crippen LogP contribution in [0, 0.1) is 11.3 Å². The molecule has 1 atom stereocenters. The Morgan fingerprint density at radius 1 is 1.25 bits per heavy atom. The third kappa shape index (κ3) is 5.04. The Bertz CT molecular complexity index is 1350. The summed E-state index contributed by atoms with van der Waals surface area (Å²) in [5, 5.41) is 10.5. The first kappa shape index (κ1) is 24.2. The molecule has 1 aliphatic heterocycles. The predicted molar refractivity (Wildman–Crippen MR) is 136 cm³/mol. The van der Waals surface area contributed by atoms with Crippen molar-refractivity contribution < 1.29 is 14.0 Å². The first-order valence-electron chi connectivity index (χ1n) is 12.0. The van der Waals surface area contributed by atoms with Crippen LogP contribution in [0.1, 0.15) is 29.5 Å². The maximum Gasteiger partial charge on any atom is 0.341 e. The first-order chi connectivity index (χ1) is 17.4. The van der Waals surface area contributed by atoms with Crippen LogP contribution in [0.25, 0.3) is 10.3 Å². The molecule has 1 fully saturated rings. The average Bonchev–Trinajstić information content (AvgIpc) is 3.33. The summed E-state index contributed by atoms with van der Waals surface area (Å²) in [4.78, 5) is 34.0. The van der Waals surface area contributed by atoms with E-state index in [1.165, 1.54) is 11.3 Å². The van der Waals surface area contributed by atoms with Crippen molar-refractivity contribution in [2.45, 2.75) is 18.8 Å². The van der Waals surface area contributed by atoms with Crippen LogP contribution in [-0.2, 0) is 4.79 Å². The second-order valence-electron chi connectivity index (χ2n) is 9.43. The molecule has 3 aromatic rings. The molecule has 3 aromatic heterocycles. The zero-order chi connectivity index (χ0) is 25.1. The van der Waals surface area contributed by atoms with E-state index in [0.29, 0.717) is 15.2 Å². The lowest BCUT2D eigenvalue weighted by molar-refractivity contribution is -0.837. The standard InChI is InChI=1S/C26H28N7O2S/c1-32-11-13-33(2,14-12-32)25(34)19-6-3-5-18(15-19)17-35-26-29-10-8-21(31-26)20(16-27)23-30-22-7-4-9-28-24(22)36-23/h4-5,7-10,15,20H,3,6,11-14,17H2,1-2H3/q+1. The van der Waals surface area contributed by atoms with Crippen molar-refractivity contribution in [3.63, 3.8) is 0 Å². The van der Waals surface area contributed by atoms with Crippen LogP contribution >= 0.6 is 11.3 Å². The molecule has 0 saturated carbocycles. The van der Waals surface area contributed by atoms with Gasteiger partial charge in [0.25, 0.3) is 0 Å². The van der Waals surface area contributed by atoms with E-state index in [2.05, 4.69) is 44.0 Å². The van der Waals surface area contributed by atoms with Crippen LogP contribution in [0.2, 0.25) is 0 Å². The lowest BCUT2D eigenvalue weighted by Gasteiger charge is -2.39. The molecule has 4 heterocycles. The SMILES string of the molecule is CN1CC[N+](C)(C(=O)C2=CC(COc3nccc(C(C#N)c4nc5cccnc5s4)n3)=CCC2)CC1. The normalized spacial score (nSPS) is 18.7. The van der Waals surface area contributed by atoms with E-state index < -0.39 is 5.92 Å². The molecule has 184 valence electrons. The summed E-state index contributed by atoms with van der Waals surface area (Å²) in [7, 11) is 4.13. The van der Waals surface area contributed by atoms with Gasteiger partial charge in [0.15, 0.2) is 0 Å². The third-order valence-electron chi connectivity index (χ3n) is 6.77. The van der Waals surface area contributed by atoms with E-state index in [-0.39, 0.29) is 18.5 Å². The number of rotatable bonds is 6. The molecule has 1 saturated heterocycles. The minimum absolute atomic E-state index is 0.192. The minimum Gasteiger partial charge on any atom is -0.459 e. The molecule has 1 amide bonds. The molecule has 10 heteroatoms. The van der Waals surface area contributed by atoms with E-state index in [4.69, 9.17) is 4.74 Å². The number of likely N-dealkylation sites (N-methyl/N-ethyl adjacent to an activating group) is 2. The van der Waals surface area contributed by atoms with Gasteiger partial charge in [-0.1, -0.05) is 17.4 Å². The Hall–Kier alpha value is -3.52. The largest absolute Gasteiger partial charge is 0.459 e. The van der Waals surface area contributed by atoms with Crippen LogP contribution in [0.4, 0.5) is 0 Å². The summed E-state index contributed by atoms with van der Waals surface area (Å²) in [6.07, 6.45) is 8.91. The zero-order valence-corrected chi connectivity index (χ0v) is 21.2. The zero-order valence-electron chi connectivity index (χ0n) is 20.4. The maximum atomic E-state index is 13.3. The van der Waals surface area contributed by atoms with E-state index in [1.807, 2.05) is 25.3 Å². The van der Waals surface area contributed by atoms with Crippen molar-refractivity contribution >= 4 is 27.6 Å². The summed E-state index contributed by atoms with van der Waals surface area (Å²) in [6, 6.07) is 7.89. The molecule has 0 spiro atoms. The molecular weight excluding hydrogens is 474 g/mol. The van der Waals surface area contributed by atoms with Crippen molar-refractivity contribution in [2.75, 3.05) is 46.9 Å². The molecule has 0 bridgehead atoms. The fourth-order valence-electron chi connectivity index (χ4n) is 4.48. The first-order valence-corrected chi connectivity index (χ1v) is 12.8. The summed E-state index contributed by atoms with van der Waals surface area (Å²) >= 11 is 1.38. The molecule has 0 radical (unpaired) electrons. The highest BCUT2D eigenvalue weighted by Gasteiger charge is 2.37. The monoisotopic (exact) mass is 502 g/mol. The number of piperazine rings is 1. The number of carbonyl (C=O) groups excluding carboxylic acids is 1. The van der Waals surface area contributed by atoms with Gasteiger partial charge in [0, 0.05) is 25.5 Å². The van der Waals surface area contributed by atoms with Crippen LogP contribution in [0.15, 0.2) is 53.9 Å².